The highest BCUT2D eigenvalue weighted by Gasteiger charge is 2.14. The van der Waals surface area contributed by atoms with Crippen LogP contribution in [0, 0.1) is 6.92 Å². The van der Waals surface area contributed by atoms with Crippen LogP contribution in [0.15, 0.2) is 42.5 Å². The Labute approximate surface area is 136 Å². The maximum absolute atomic E-state index is 6.45. The van der Waals surface area contributed by atoms with E-state index in [0.29, 0.717) is 0 Å². The summed E-state index contributed by atoms with van der Waals surface area (Å²) in [6.07, 6.45) is 0. The third-order valence-corrected chi connectivity index (χ3v) is 4.18. The summed E-state index contributed by atoms with van der Waals surface area (Å²) in [5.41, 5.74) is 4.68. The van der Waals surface area contributed by atoms with Gasteiger partial charge in [-0.2, -0.15) is 0 Å². The van der Waals surface area contributed by atoms with Crippen LogP contribution < -0.4 is 10.2 Å². The van der Waals surface area contributed by atoms with Gasteiger partial charge in [-0.05, 0) is 30.7 Å². The zero-order chi connectivity index (χ0) is 15.4. The summed E-state index contributed by atoms with van der Waals surface area (Å²) >= 11 is 6.45. The Hall–Kier alpha value is -1.71. The summed E-state index contributed by atoms with van der Waals surface area (Å²) in [6, 6.07) is 14.7. The van der Waals surface area contributed by atoms with Crippen LogP contribution in [0.5, 0.6) is 0 Å². The molecular formula is C18H21ClN2O. The largest absolute Gasteiger partial charge is 0.381 e. The zero-order valence-electron chi connectivity index (χ0n) is 12.8. The van der Waals surface area contributed by atoms with Gasteiger partial charge in [-0.3, -0.25) is 0 Å². The van der Waals surface area contributed by atoms with Gasteiger partial charge < -0.3 is 15.0 Å². The molecule has 1 aliphatic heterocycles. The van der Waals surface area contributed by atoms with Crippen molar-refractivity contribution >= 4 is 23.0 Å². The summed E-state index contributed by atoms with van der Waals surface area (Å²) in [4.78, 5) is 2.27. The quantitative estimate of drug-likeness (QED) is 0.919. The molecule has 1 saturated heterocycles. The molecule has 0 spiro atoms. The van der Waals surface area contributed by atoms with Crippen molar-refractivity contribution in [2.45, 2.75) is 13.5 Å². The number of hydrogen-bond donors (Lipinski definition) is 1. The second-order valence-corrected chi connectivity index (χ2v) is 6.02. The number of ether oxygens (including phenoxy) is 1. The highest BCUT2D eigenvalue weighted by Crippen LogP contribution is 2.29. The van der Waals surface area contributed by atoms with E-state index in [1.165, 1.54) is 11.1 Å². The molecule has 3 nitrogen and oxygen atoms in total. The topological polar surface area (TPSA) is 24.5 Å². The summed E-state index contributed by atoms with van der Waals surface area (Å²) in [5.74, 6) is 0. The average Bonchev–Trinajstić information content (AvgIpc) is 2.54. The lowest BCUT2D eigenvalue weighted by Gasteiger charge is -2.29. The fourth-order valence-electron chi connectivity index (χ4n) is 2.70. The van der Waals surface area contributed by atoms with Crippen molar-refractivity contribution in [3.05, 3.63) is 58.6 Å². The first kappa shape index (κ1) is 15.2. The van der Waals surface area contributed by atoms with Crippen LogP contribution in [0.25, 0.3) is 0 Å². The Kier molecular flexibility index (Phi) is 4.86. The van der Waals surface area contributed by atoms with Crippen LogP contribution in [0.4, 0.5) is 11.4 Å². The number of rotatable bonds is 4. The van der Waals surface area contributed by atoms with Gasteiger partial charge in [-0.1, -0.05) is 41.4 Å². The van der Waals surface area contributed by atoms with Crippen molar-refractivity contribution < 1.29 is 4.74 Å². The van der Waals surface area contributed by atoms with E-state index in [4.69, 9.17) is 16.3 Å². The molecule has 0 aliphatic carbocycles. The zero-order valence-corrected chi connectivity index (χ0v) is 13.6. The maximum Gasteiger partial charge on any atom is 0.0660 e. The van der Waals surface area contributed by atoms with Gasteiger partial charge in [0.15, 0.2) is 0 Å². The van der Waals surface area contributed by atoms with Gasteiger partial charge in [0.2, 0.25) is 0 Å². The Morgan fingerprint density at radius 1 is 1.14 bits per heavy atom. The summed E-state index contributed by atoms with van der Waals surface area (Å²) < 4.78 is 5.38. The molecule has 1 heterocycles. The fraction of sp³-hybridized carbons (Fsp3) is 0.333. The van der Waals surface area contributed by atoms with Crippen LogP contribution in [0.1, 0.15) is 11.1 Å². The molecule has 0 atom stereocenters. The molecule has 0 radical (unpaired) electrons. The number of hydrogen-bond acceptors (Lipinski definition) is 3. The van der Waals surface area contributed by atoms with Crippen molar-refractivity contribution in [3.63, 3.8) is 0 Å². The van der Waals surface area contributed by atoms with Gasteiger partial charge in [-0.15, -0.1) is 0 Å². The number of benzene rings is 2. The smallest absolute Gasteiger partial charge is 0.0660 e. The molecule has 0 amide bonds. The van der Waals surface area contributed by atoms with E-state index >= 15 is 0 Å². The molecule has 0 unspecified atom stereocenters. The lowest BCUT2D eigenvalue weighted by Crippen LogP contribution is -2.36. The van der Waals surface area contributed by atoms with E-state index in [0.717, 1.165) is 49.2 Å². The van der Waals surface area contributed by atoms with Crippen molar-refractivity contribution in [1.29, 1.82) is 0 Å². The molecule has 2 aromatic carbocycles. The highest BCUT2D eigenvalue weighted by molar-refractivity contribution is 6.33. The normalized spacial score (nSPS) is 14.9. The van der Waals surface area contributed by atoms with Gasteiger partial charge in [-0.25, -0.2) is 0 Å². The van der Waals surface area contributed by atoms with Crippen LogP contribution in [0.2, 0.25) is 5.02 Å². The fourth-order valence-corrected chi connectivity index (χ4v) is 3.00. The van der Waals surface area contributed by atoms with Crippen molar-refractivity contribution in [1.82, 2.24) is 0 Å². The minimum Gasteiger partial charge on any atom is -0.381 e. The number of halogens is 1. The number of morpholine rings is 1. The summed E-state index contributed by atoms with van der Waals surface area (Å²) in [5, 5.41) is 4.22. The van der Waals surface area contributed by atoms with E-state index in [-0.39, 0.29) is 0 Å². The Morgan fingerprint density at radius 2 is 1.95 bits per heavy atom. The predicted molar refractivity (Wildman–Crippen MR) is 93.0 cm³/mol. The second kappa shape index (κ2) is 7.03. The SMILES string of the molecule is Cc1cccc(CNc2ccc(N3CCOCC3)c(Cl)c2)c1. The summed E-state index contributed by atoms with van der Waals surface area (Å²) in [6.45, 7) is 6.24. The van der Waals surface area contributed by atoms with E-state index in [1.807, 2.05) is 6.07 Å². The first-order valence-corrected chi connectivity index (χ1v) is 8.02. The van der Waals surface area contributed by atoms with E-state index in [2.05, 4.69) is 53.5 Å². The van der Waals surface area contributed by atoms with Gasteiger partial charge in [0.05, 0.1) is 23.9 Å². The maximum atomic E-state index is 6.45. The first-order valence-electron chi connectivity index (χ1n) is 7.64. The van der Waals surface area contributed by atoms with E-state index in [1.54, 1.807) is 0 Å². The molecule has 2 aromatic rings. The number of nitrogens with zero attached hydrogens (tertiary/aromatic N) is 1. The molecule has 0 bridgehead atoms. The first-order chi connectivity index (χ1) is 10.7. The van der Waals surface area contributed by atoms with Crippen LogP contribution in [-0.2, 0) is 11.3 Å². The molecule has 1 aliphatic rings. The molecule has 22 heavy (non-hydrogen) atoms. The summed E-state index contributed by atoms with van der Waals surface area (Å²) in [7, 11) is 0. The molecule has 3 rings (SSSR count). The molecule has 4 heteroatoms. The Balaban J connectivity index is 1.66. The lowest BCUT2D eigenvalue weighted by molar-refractivity contribution is 0.122. The van der Waals surface area contributed by atoms with Crippen molar-refractivity contribution in [2.75, 3.05) is 36.5 Å². The Bertz CT molecular complexity index is 639. The van der Waals surface area contributed by atoms with Gasteiger partial charge in [0, 0.05) is 25.3 Å². The Morgan fingerprint density at radius 3 is 2.68 bits per heavy atom. The van der Waals surface area contributed by atoms with Crippen molar-refractivity contribution in [3.8, 4) is 0 Å². The number of anilines is 2. The standard InChI is InChI=1S/C18H21ClN2O/c1-14-3-2-4-15(11-14)13-20-16-5-6-18(17(19)12-16)21-7-9-22-10-8-21/h2-6,11-12,20H,7-10,13H2,1H3. The van der Waals surface area contributed by atoms with Gasteiger partial charge in [0.25, 0.3) is 0 Å². The molecule has 0 saturated carbocycles. The molecule has 1 N–H and O–H groups in total. The van der Waals surface area contributed by atoms with Crippen LogP contribution >= 0.6 is 11.6 Å². The van der Waals surface area contributed by atoms with E-state index in [9.17, 15) is 0 Å². The molecule has 0 aromatic heterocycles. The predicted octanol–water partition coefficient (Wildman–Crippen LogP) is 4.10. The second-order valence-electron chi connectivity index (χ2n) is 5.61. The molecular weight excluding hydrogens is 296 g/mol. The third-order valence-electron chi connectivity index (χ3n) is 3.88. The highest BCUT2D eigenvalue weighted by atomic mass is 35.5. The monoisotopic (exact) mass is 316 g/mol. The van der Waals surface area contributed by atoms with Gasteiger partial charge >= 0.3 is 0 Å². The van der Waals surface area contributed by atoms with Crippen LogP contribution in [-0.4, -0.2) is 26.3 Å². The average molecular weight is 317 g/mol. The number of aryl methyl sites for hydroxylation is 1. The minimum absolute atomic E-state index is 0.768. The lowest BCUT2D eigenvalue weighted by atomic mass is 10.1. The van der Waals surface area contributed by atoms with Gasteiger partial charge in [0.1, 0.15) is 0 Å². The van der Waals surface area contributed by atoms with E-state index < -0.39 is 0 Å². The molecule has 116 valence electrons. The third kappa shape index (κ3) is 3.73. The van der Waals surface area contributed by atoms with Crippen molar-refractivity contribution in [2.24, 2.45) is 0 Å². The minimum atomic E-state index is 0.768. The molecule has 1 fully saturated rings. The number of nitrogens with one attached hydrogen (secondary N) is 1. The van der Waals surface area contributed by atoms with Crippen LogP contribution in [0.3, 0.4) is 0 Å².